The van der Waals surface area contributed by atoms with E-state index in [1.165, 1.54) is 0 Å². The van der Waals surface area contributed by atoms with Gasteiger partial charge < -0.3 is 14.4 Å². The van der Waals surface area contributed by atoms with Crippen LogP contribution in [0.5, 0.6) is 5.75 Å². The van der Waals surface area contributed by atoms with Crippen molar-refractivity contribution in [1.82, 2.24) is 19.9 Å². The van der Waals surface area contributed by atoms with Gasteiger partial charge in [0, 0.05) is 50.4 Å². The first-order valence-electron chi connectivity index (χ1n) is 11.5. The molecule has 1 atom stereocenters. The number of piperazine rings is 1. The van der Waals surface area contributed by atoms with E-state index in [2.05, 4.69) is 19.9 Å². The van der Waals surface area contributed by atoms with E-state index in [0.717, 1.165) is 52.9 Å². The zero-order chi connectivity index (χ0) is 24.4. The first-order chi connectivity index (χ1) is 16.9. The number of nitrogens with zero attached hydrogens (tertiary/aromatic N) is 4. The molecule has 0 amide bonds. The molecule has 0 bridgehead atoms. The number of aliphatic hydroxyl groups is 1. The third kappa shape index (κ3) is 5.97. The van der Waals surface area contributed by atoms with Crippen molar-refractivity contribution in [3.05, 3.63) is 63.3 Å². The third-order valence-corrected chi connectivity index (χ3v) is 7.58. The number of benzene rings is 2. The highest BCUT2D eigenvalue weighted by Crippen LogP contribution is 2.34. The Labute approximate surface area is 217 Å². The third-order valence-electron chi connectivity index (χ3n) is 6.00. The highest BCUT2D eigenvalue weighted by Gasteiger charge is 2.21. The highest BCUT2D eigenvalue weighted by molar-refractivity contribution is 7.18. The first-order valence-corrected chi connectivity index (χ1v) is 13.0. The van der Waals surface area contributed by atoms with E-state index in [-0.39, 0.29) is 6.61 Å². The van der Waals surface area contributed by atoms with E-state index >= 15 is 0 Å². The average molecular weight is 533 g/mol. The van der Waals surface area contributed by atoms with Crippen molar-refractivity contribution in [2.45, 2.75) is 19.6 Å². The van der Waals surface area contributed by atoms with Gasteiger partial charge in [-0.3, -0.25) is 9.80 Å². The van der Waals surface area contributed by atoms with Gasteiger partial charge in [-0.1, -0.05) is 34.4 Å². The van der Waals surface area contributed by atoms with Gasteiger partial charge >= 0.3 is 0 Å². The number of aliphatic hydroxyl groups excluding tert-OH is 1. The second-order valence-corrected chi connectivity index (χ2v) is 10.7. The predicted molar refractivity (Wildman–Crippen MR) is 140 cm³/mol. The van der Waals surface area contributed by atoms with Crippen molar-refractivity contribution in [1.29, 1.82) is 0 Å². The lowest BCUT2D eigenvalue weighted by Crippen LogP contribution is -2.48. The van der Waals surface area contributed by atoms with E-state index in [9.17, 15) is 5.11 Å². The van der Waals surface area contributed by atoms with Crippen LogP contribution >= 0.6 is 34.5 Å². The topological polar surface area (TPSA) is 74.9 Å². The molecule has 1 N–H and O–H groups in total. The fourth-order valence-electron chi connectivity index (χ4n) is 4.25. The van der Waals surface area contributed by atoms with Gasteiger partial charge in [-0.05, 0) is 31.2 Å². The number of β-amino-alcohol motifs (C(OH)–C–C–N with tert-alkyl or cyclic N) is 1. The standard InChI is InChI=1S/C25H26Cl2N4O3S/c1-16-28-22-11-18(5-6-24(22)35-16)33-15-17(32)13-30-7-9-31(10-8-30)14-19-12-23(29-34-19)25-20(26)3-2-4-21(25)27/h2-6,11-12,17,32H,7-10,13-15H2,1H3/t17-/m0/s1. The second kappa shape index (κ2) is 10.8. The second-order valence-electron chi connectivity index (χ2n) is 8.68. The van der Waals surface area contributed by atoms with Crippen LogP contribution < -0.4 is 4.74 Å². The lowest BCUT2D eigenvalue weighted by molar-refractivity contribution is 0.0430. The lowest BCUT2D eigenvalue weighted by Gasteiger charge is -2.35. The molecule has 2 aromatic heterocycles. The molecule has 3 heterocycles. The Morgan fingerprint density at radius 2 is 1.83 bits per heavy atom. The Hall–Kier alpha value is -2.20. The Morgan fingerprint density at radius 3 is 2.60 bits per heavy atom. The van der Waals surface area contributed by atoms with E-state index in [1.807, 2.05) is 31.2 Å². The van der Waals surface area contributed by atoms with Crippen molar-refractivity contribution >= 4 is 44.8 Å². The number of aryl methyl sites for hydroxylation is 1. The Balaban J connectivity index is 1.07. The maximum absolute atomic E-state index is 10.5. The highest BCUT2D eigenvalue weighted by atomic mass is 35.5. The maximum Gasteiger partial charge on any atom is 0.151 e. The monoisotopic (exact) mass is 532 g/mol. The molecule has 4 aromatic rings. The van der Waals surface area contributed by atoms with Crippen LogP contribution in [0, 0.1) is 6.92 Å². The quantitative estimate of drug-likeness (QED) is 0.337. The van der Waals surface area contributed by atoms with Gasteiger partial charge in [0.05, 0.1) is 31.8 Å². The fraction of sp³-hybridized carbons (Fsp3) is 0.360. The van der Waals surface area contributed by atoms with Crippen LogP contribution in [0.4, 0.5) is 0 Å². The lowest BCUT2D eigenvalue weighted by atomic mass is 10.1. The van der Waals surface area contributed by atoms with Gasteiger partial charge in [0.15, 0.2) is 5.76 Å². The zero-order valence-corrected chi connectivity index (χ0v) is 21.6. The average Bonchev–Trinajstić information content (AvgIpc) is 3.44. The maximum atomic E-state index is 10.5. The normalized spacial score (nSPS) is 16.1. The molecule has 1 saturated heterocycles. The molecule has 35 heavy (non-hydrogen) atoms. The van der Waals surface area contributed by atoms with Crippen molar-refractivity contribution in [2.24, 2.45) is 0 Å². The van der Waals surface area contributed by atoms with Crippen LogP contribution in [-0.4, -0.2) is 70.5 Å². The minimum Gasteiger partial charge on any atom is -0.491 e. The summed E-state index contributed by atoms with van der Waals surface area (Å²) in [5, 5.41) is 16.8. The summed E-state index contributed by atoms with van der Waals surface area (Å²) in [5.41, 5.74) is 2.26. The van der Waals surface area contributed by atoms with Crippen molar-refractivity contribution < 1.29 is 14.4 Å². The van der Waals surface area contributed by atoms with E-state index in [4.69, 9.17) is 32.5 Å². The summed E-state index contributed by atoms with van der Waals surface area (Å²) in [6.45, 7) is 6.94. The van der Waals surface area contributed by atoms with Crippen LogP contribution in [0.2, 0.25) is 10.0 Å². The van der Waals surface area contributed by atoms with Gasteiger partial charge in [-0.2, -0.15) is 0 Å². The summed E-state index contributed by atoms with van der Waals surface area (Å²) in [6.07, 6.45) is -0.563. The molecule has 1 aliphatic rings. The molecule has 10 heteroatoms. The minimum absolute atomic E-state index is 0.250. The molecule has 2 aromatic carbocycles. The largest absolute Gasteiger partial charge is 0.491 e. The predicted octanol–water partition coefficient (Wildman–Crippen LogP) is 5.12. The number of hydrogen-bond donors (Lipinski definition) is 1. The molecule has 0 aliphatic carbocycles. The molecule has 184 valence electrons. The molecule has 7 nitrogen and oxygen atoms in total. The Morgan fingerprint density at radius 1 is 1.09 bits per heavy atom. The summed E-state index contributed by atoms with van der Waals surface area (Å²) in [5.74, 6) is 1.50. The van der Waals surface area contributed by atoms with Gasteiger partial charge in [-0.15, -0.1) is 11.3 Å². The molecule has 1 aliphatic heterocycles. The van der Waals surface area contributed by atoms with Gasteiger partial charge in [0.25, 0.3) is 0 Å². The van der Waals surface area contributed by atoms with Crippen LogP contribution in [-0.2, 0) is 6.54 Å². The summed E-state index contributed by atoms with van der Waals surface area (Å²) in [4.78, 5) is 9.06. The smallest absolute Gasteiger partial charge is 0.151 e. The van der Waals surface area contributed by atoms with Crippen LogP contribution in [0.1, 0.15) is 10.8 Å². The molecule has 5 rings (SSSR count). The molecule has 0 radical (unpaired) electrons. The summed E-state index contributed by atoms with van der Waals surface area (Å²) >= 11 is 14.2. The van der Waals surface area contributed by atoms with Gasteiger partial charge in [0.2, 0.25) is 0 Å². The zero-order valence-electron chi connectivity index (χ0n) is 19.3. The number of aromatic nitrogens is 2. The molecule has 0 spiro atoms. The Bertz CT molecular complexity index is 1280. The number of thiazole rings is 1. The van der Waals surface area contributed by atoms with Crippen molar-refractivity contribution in [3.8, 4) is 17.0 Å². The van der Waals surface area contributed by atoms with E-state index < -0.39 is 6.10 Å². The number of halogens is 2. The summed E-state index contributed by atoms with van der Waals surface area (Å²) in [6, 6.07) is 13.2. The number of ether oxygens (including phenoxy) is 1. The van der Waals surface area contributed by atoms with E-state index in [1.54, 1.807) is 29.5 Å². The minimum atomic E-state index is -0.563. The molecule has 0 unspecified atom stereocenters. The number of fused-ring (bicyclic) bond motifs is 1. The number of hydrogen-bond acceptors (Lipinski definition) is 8. The first kappa shape index (κ1) is 24.5. The molecular formula is C25H26Cl2N4O3S. The van der Waals surface area contributed by atoms with Crippen molar-refractivity contribution in [3.63, 3.8) is 0 Å². The number of rotatable bonds is 8. The molecular weight excluding hydrogens is 507 g/mol. The molecule has 0 saturated carbocycles. The SMILES string of the molecule is Cc1nc2cc(OC[C@@H](O)CN3CCN(Cc4cc(-c5c(Cl)cccc5Cl)no4)CC3)ccc2s1. The van der Waals surface area contributed by atoms with E-state index in [0.29, 0.717) is 34.4 Å². The van der Waals surface area contributed by atoms with Gasteiger partial charge in [-0.25, -0.2) is 4.98 Å². The van der Waals surface area contributed by atoms with Crippen LogP contribution in [0.3, 0.4) is 0 Å². The summed E-state index contributed by atoms with van der Waals surface area (Å²) < 4.78 is 12.5. The van der Waals surface area contributed by atoms with Crippen LogP contribution in [0.25, 0.3) is 21.5 Å². The molecule has 1 fully saturated rings. The Kier molecular flexibility index (Phi) is 7.57. The van der Waals surface area contributed by atoms with Crippen molar-refractivity contribution in [2.75, 3.05) is 39.3 Å². The van der Waals surface area contributed by atoms with Gasteiger partial charge in [0.1, 0.15) is 24.2 Å². The summed E-state index contributed by atoms with van der Waals surface area (Å²) in [7, 11) is 0. The fourth-order valence-corrected chi connectivity index (χ4v) is 5.65. The van der Waals surface area contributed by atoms with Crippen LogP contribution in [0.15, 0.2) is 47.0 Å².